The van der Waals surface area contributed by atoms with Crippen LogP contribution in [0.25, 0.3) is 0 Å². The molecule has 1 aromatic carbocycles. The highest BCUT2D eigenvalue weighted by atomic mass is 19.4. The fourth-order valence-electron chi connectivity index (χ4n) is 1.98. The first kappa shape index (κ1) is 16.8. The minimum atomic E-state index is -4.54. The number of hydrogen-bond donors (Lipinski definition) is 2. The van der Waals surface area contributed by atoms with Crippen molar-refractivity contribution in [2.45, 2.75) is 38.6 Å². The highest BCUT2D eigenvalue weighted by Gasteiger charge is 2.37. The lowest BCUT2D eigenvalue weighted by molar-refractivity contribution is -0.138. The van der Waals surface area contributed by atoms with E-state index >= 15 is 0 Å². The van der Waals surface area contributed by atoms with E-state index in [0.717, 1.165) is 6.07 Å². The molecule has 6 heteroatoms. The summed E-state index contributed by atoms with van der Waals surface area (Å²) in [5.74, 6) is -0.0838. The number of ether oxygens (including phenoxy) is 1. The van der Waals surface area contributed by atoms with E-state index in [4.69, 9.17) is 10.5 Å². The van der Waals surface area contributed by atoms with E-state index in [1.54, 1.807) is 6.92 Å². The first-order valence-corrected chi connectivity index (χ1v) is 6.41. The number of aliphatic hydroxyl groups excluding tert-OH is 1. The third-order valence-corrected chi connectivity index (χ3v) is 3.52. The number of aliphatic hydroxyl groups is 1. The summed E-state index contributed by atoms with van der Waals surface area (Å²) in [6.45, 7) is 3.60. The zero-order valence-electron chi connectivity index (χ0n) is 11.7. The molecule has 0 saturated carbocycles. The van der Waals surface area contributed by atoms with Crippen molar-refractivity contribution in [3.63, 3.8) is 0 Å². The summed E-state index contributed by atoms with van der Waals surface area (Å²) < 4.78 is 44.0. The molecule has 1 unspecified atom stereocenters. The first-order valence-electron chi connectivity index (χ1n) is 6.41. The van der Waals surface area contributed by atoms with E-state index in [1.165, 1.54) is 19.2 Å². The van der Waals surface area contributed by atoms with Crippen molar-refractivity contribution in [1.82, 2.24) is 0 Å². The number of hydrogen-bond acceptors (Lipinski definition) is 3. The van der Waals surface area contributed by atoms with Crippen molar-refractivity contribution < 1.29 is 23.0 Å². The molecule has 0 fully saturated rings. The standard InChI is InChI=1S/C14H20F3NO2/c1-4-8(2)13(19)12(18)10-6-5-9(20-3)7-11(10)14(15,16)17/h5-8,12-13,19H,4,18H2,1-3H3/t8?,12-,13+/m1/s1. The van der Waals surface area contributed by atoms with Crippen LogP contribution in [0.4, 0.5) is 13.2 Å². The molecule has 0 aromatic heterocycles. The average molecular weight is 291 g/mol. The third kappa shape index (κ3) is 3.64. The minimum Gasteiger partial charge on any atom is -0.497 e. The van der Waals surface area contributed by atoms with Gasteiger partial charge in [0.2, 0.25) is 0 Å². The summed E-state index contributed by atoms with van der Waals surface area (Å²) in [5.41, 5.74) is 4.83. The summed E-state index contributed by atoms with van der Waals surface area (Å²) in [7, 11) is 1.29. The van der Waals surface area contributed by atoms with E-state index in [9.17, 15) is 18.3 Å². The maximum absolute atomic E-state index is 13.1. The zero-order valence-corrected chi connectivity index (χ0v) is 11.7. The Balaban J connectivity index is 3.23. The number of rotatable bonds is 5. The molecule has 0 aliphatic heterocycles. The van der Waals surface area contributed by atoms with Crippen molar-refractivity contribution >= 4 is 0 Å². The van der Waals surface area contributed by atoms with Crippen LogP contribution in [0.1, 0.15) is 37.4 Å². The number of methoxy groups -OCH3 is 1. The Morgan fingerprint density at radius 2 is 1.95 bits per heavy atom. The van der Waals surface area contributed by atoms with Crippen LogP contribution in [0.15, 0.2) is 18.2 Å². The number of alkyl halides is 3. The van der Waals surface area contributed by atoms with Crippen LogP contribution in [-0.2, 0) is 6.18 Å². The molecule has 0 aliphatic carbocycles. The maximum Gasteiger partial charge on any atom is 0.416 e. The predicted molar refractivity (Wildman–Crippen MR) is 70.4 cm³/mol. The molecule has 0 bridgehead atoms. The molecular weight excluding hydrogens is 271 g/mol. The van der Waals surface area contributed by atoms with Gasteiger partial charge in [-0.15, -0.1) is 0 Å². The Morgan fingerprint density at radius 1 is 1.35 bits per heavy atom. The van der Waals surface area contributed by atoms with Crippen molar-refractivity contribution in [3.05, 3.63) is 29.3 Å². The van der Waals surface area contributed by atoms with Gasteiger partial charge in [0.1, 0.15) is 5.75 Å². The average Bonchev–Trinajstić information content (AvgIpc) is 2.43. The SMILES string of the molecule is CCC(C)[C@H](O)[C@H](N)c1ccc(OC)cc1C(F)(F)F. The van der Waals surface area contributed by atoms with Crippen LogP contribution < -0.4 is 10.5 Å². The predicted octanol–water partition coefficient (Wildman–Crippen LogP) is 3.12. The Labute approximate surface area is 116 Å². The lowest BCUT2D eigenvalue weighted by Gasteiger charge is -2.26. The van der Waals surface area contributed by atoms with Gasteiger partial charge in [-0.3, -0.25) is 0 Å². The zero-order chi connectivity index (χ0) is 15.5. The summed E-state index contributed by atoms with van der Waals surface area (Å²) in [5, 5.41) is 10.0. The fourth-order valence-corrected chi connectivity index (χ4v) is 1.98. The molecule has 114 valence electrons. The molecule has 3 atom stereocenters. The highest BCUT2D eigenvalue weighted by molar-refractivity contribution is 5.39. The molecule has 0 spiro atoms. The summed E-state index contributed by atoms with van der Waals surface area (Å²) in [6, 6.07) is 2.48. The van der Waals surface area contributed by atoms with Gasteiger partial charge in [-0.2, -0.15) is 13.2 Å². The lowest BCUT2D eigenvalue weighted by Crippen LogP contribution is -2.33. The van der Waals surface area contributed by atoms with Gasteiger partial charge >= 0.3 is 6.18 Å². The molecule has 0 amide bonds. The quantitative estimate of drug-likeness (QED) is 0.876. The van der Waals surface area contributed by atoms with E-state index in [1.807, 2.05) is 6.92 Å². The number of nitrogens with two attached hydrogens (primary N) is 1. The van der Waals surface area contributed by atoms with Crippen molar-refractivity contribution in [2.24, 2.45) is 11.7 Å². The largest absolute Gasteiger partial charge is 0.497 e. The van der Waals surface area contributed by atoms with Crippen LogP contribution in [0, 0.1) is 5.92 Å². The molecule has 0 heterocycles. The van der Waals surface area contributed by atoms with Gasteiger partial charge in [0.15, 0.2) is 0 Å². The van der Waals surface area contributed by atoms with Gasteiger partial charge in [-0.1, -0.05) is 26.3 Å². The maximum atomic E-state index is 13.1. The topological polar surface area (TPSA) is 55.5 Å². The van der Waals surface area contributed by atoms with Crippen LogP contribution in [0.3, 0.4) is 0 Å². The molecule has 20 heavy (non-hydrogen) atoms. The Hall–Kier alpha value is -1.27. The van der Waals surface area contributed by atoms with Crippen LogP contribution in [0.2, 0.25) is 0 Å². The van der Waals surface area contributed by atoms with Gasteiger partial charge in [-0.25, -0.2) is 0 Å². The smallest absolute Gasteiger partial charge is 0.416 e. The van der Waals surface area contributed by atoms with E-state index in [-0.39, 0.29) is 17.2 Å². The summed E-state index contributed by atoms with van der Waals surface area (Å²) in [6.07, 6.45) is -4.95. The Kier molecular flexibility index (Phi) is 5.42. The van der Waals surface area contributed by atoms with Crippen molar-refractivity contribution in [1.29, 1.82) is 0 Å². The molecule has 1 aromatic rings. The van der Waals surface area contributed by atoms with Crippen LogP contribution >= 0.6 is 0 Å². The van der Waals surface area contributed by atoms with Gasteiger partial charge < -0.3 is 15.6 Å². The van der Waals surface area contributed by atoms with E-state index in [0.29, 0.717) is 6.42 Å². The minimum absolute atomic E-state index is 0.103. The summed E-state index contributed by atoms with van der Waals surface area (Å²) >= 11 is 0. The van der Waals surface area contributed by atoms with E-state index in [2.05, 4.69) is 0 Å². The molecule has 3 nitrogen and oxygen atoms in total. The molecular formula is C14H20F3NO2. The van der Waals surface area contributed by atoms with Gasteiger partial charge in [0.05, 0.1) is 24.8 Å². The molecule has 0 aliphatic rings. The monoisotopic (exact) mass is 291 g/mol. The van der Waals surface area contributed by atoms with Crippen LogP contribution in [0.5, 0.6) is 5.75 Å². The normalized spacial score (nSPS) is 16.6. The van der Waals surface area contributed by atoms with Crippen molar-refractivity contribution in [3.8, 4) is 5.75 Å². The second-order valence-electron chi connectivity index (χ2n) is 4.85. The Morgan fingerprint density at radius 3 is 2.40 bits per heavy atom. The third-order valence-electron chi connectivity index (χ3n) is 3.52. The highest BCUT2D eigenvalue weighted by Crippen LogP contribution is 2.37. The van der Waals surface area contributed by atoms with Gasteiger partial charge in [0, 0.05) is 0 Å². The molecule has 0 saturated heterocycles. The van der Waals surface area contributed by atoms with Gasteiger partial charge in [-0.05, 0) is 23.6 Å². The Bertz CT molecular complexity index is 449. The first-order chi connectivity index (χ1) is 9.22. The molecule has 3 N–H and O–H groups in total. The van der Waals surface area contributed by atoms with Gasteiger partial charge in [0.25, 0.3) is 0 Å². The number of benzene rings is 1. The summed E-state index contributed by atoms with van der Waals surface area (Å²) in [4.78, 5) is 0. The van der Waals surface area contributed by atoms with Crippen molar-refractivity contribution in [2.75, 3.05) is 7.11 Å². The lowest BCUT2D eigenvalue weighted by atomic mass is 9.89. The fraction of sp³-hybridized carbons (Fsp3) is 0.571. The molecule has 1 rings (SSSR count). The van der Waals surface area contributed by atoms with E-state index < -0.39 is 23.9 Å². The molecule has 0 radical (unpaired) electrons. The number of halogens is 3. The van der Waals surface area contributed by atoms with Crippen LogP contribution in [-0.4, -0.2) is 18.3 Å². The second-order valence-corrected chi connectivity index (χ2v) is 4.85. The second kappa shape index (κ2) is 6.45.